The molecule has 9 nitrogen and oxygen atoms in total. The van der Waals surface area contributed by atoms with Crippen LogP contribution in [0.25, 0.3) is 5.57 Å². The number of aliphatic hydroxyl groups is 1. The third-order valence-corrected chi connectivity index (χ3v) is 20.7. The summed E-state index contributed by atoms with van der Waals surface area (Å²) in [6, 6.07) is 6.41. The Morgan fingerprint density at radius 2 is 1.95 bits per heavy atom. The molecule has 5 heterocycles. The first kappa shape index (κ1) is 31.6. The zero-order chi connectivity index (χ0) is 31.5. The molecule has 3 aromatic rings. The third-order valence-electron chi connectivity index (χ3n) is 8.85. The molecule has 3 aliphatic rings. The third kappa shape index (κ3) is 5.84. The number of hydrogen-bond acceptors (Lipinski definition) is 6. The summed E-state index contributed by atoms with van der Waals surface area (Å²) in [4.78, 5) is 29.5. The Kier molecular flexibility index (Phi) is 8.70. The first-order valence-corrected chi connectivity index (χ1v) is 21.0. The van der Waals surface area contributed by atoms with Crippen molar-refractivity contribution in [2.45, 2.75) is 59.7 Å². The van der Waals surface area contributed by atoms with Crippen molar-refractivity contribution in [3.8, 4) is 0 Å². The molecule has 2 N–H and O–H groups in total. The van der Waals surface area contributed by atoms with Crippen molar-refractivity contribution >= 4 is 62.9 Å². The van der Waals surface area contributed by atoms with E-state index in [0.29, 0.717) is 21.3 Å². The van der Waals surface area contributed by atoms with Gasteiger partial charge in [-0.1, -0.05) is 0 Å². The number of rotatable bonds is 8. The Bertz CT molecular complexity index is 1810. The van der Waals surface area contributed by atoms with Crippen molar-refractivity contribution in [2.75, 3.05) is 23.4 Å². The molecule has 11 heteroatoms. The number of nitrogens with zero attached hydrogens (tertiary/aromatic N) is 5. The molecule has 44 heavy (non-hydrogen) atoms. The molecule has 0 atom stereocenters. The van der Waals surface area contributed by atoms with Gasteiger partial charge in [0.05, 0.1) is 0 Å². The molecule has 0 saturated heterocycles. The summed E-state index contributed by atoms with van der Waals surface area (Å²) in [6.45, 7) is 10.4. The van der Waals surface area contributed by atoms with Crippen LogP contribution in [0.3, 0.4) is 0 Å². The molecule has 0 spiro atoms. The number of carbonyl (C=O) groups excluding carboxylic acids is 1. The van der Waals surface area contributed by atoms with Crippen molar-refractivity contribution in [1.82, 2.24) is 23.8 Å². The molecule has 0 amide bonds. The van der Waals surface area contributed by atoms with E-state index in [1.54, 1.807) is 11.6 Å². The van der Waals surface area contributed by atoms with E-state index < -0.39 is 40.6 Å². The fraction of sp³-hybridized carbons (Fsp3) is 0.455. The van der Waals surface area contributed by atoms with Crippen LogP contribution in [-0.4, -0.2) is 58.4 Å². The summed E-state index contributed by atoms with van der Waals surface area (Å²) in [5, 5.41) is 18.6. The molecular formula is C33H42I2N6O3. The number of allylic oxidation sites excluding steroid dienone is 2. The number of fused-ring (bicyclic) bond motifs is 3. The quantitative estimate of drug-likeness (QED) is 0.181. The Hall–Kier alpha value is -2.36. The van der Waals surface area contributed by atoms with E-state index in [9.17, 15) is 14.7 Å². The number of aryl methyl sites for hydroxylation is 2. The molecule has 0 bridgehead atoms. The monoisotopic (exact) mass is 824 g/mol. The van der Waals surface area contributed by atoms with E-state index in [4.69, 9.17) is 0 Å². The summed E-state index contributed by atoms with van der Waals surface area (Å²) in [5.41, 5.74) is 7.82. The molecule has 236 valence electrons. The maximum atomic E-state index is 14.0. The van der Waals surface area contributed by atoms with Gasteiger partial charge < -0.3 is 0 Å². The van der Waals surface area contributed by atoms with Gasteiger partial charge in [-0.15, -0.1) is 0 Å². The molecule has 0 radical (unpaired) electrons. The number of alkyl halides is 1. The van der Waals surface area contributed by atoms with Crippen LogP contribution < -0.4 is 10.9 Å². The van der Waals surface area contributed by atoms with Gasteiger partial charge in [0, 0.05) is 6.04 Å². The number of pyridine rings is 1. The molecule has 3 aromatic heterocycles. The van der Waals surface area contributed by atoms with E-state index in [2.05, 4.69) is 70.9 Å². The van der Waals surface area contributed by atoms with Crippen LogP contribution in [0.1, 0.15) is 60.7 Å². The minimum atomic E-state index is -2.21. The van der Waals surface area contributed by atoms with Crippen molar-refractivity contribution < 1.29 is 9.90 Å². The Balaban J connectivity index is 1.30. The molecule has 2 aliphatic heterocycles. The fourth-order valence-corrected chi connectivity index (χ4v) is 18.4. The van der Waals surface area contributed by atoms with E-state index in [-0.39, 0.29) is 17.6 Å². The molecule has 6 rings (SSSR count). The van der Waals surface area contributed by atoms with Crippen LogP contribution in [0, 0.1) is 5.41 Å². The first-order valence-electron chi connectivity index (χ1n) is 15.0. The first-order chi connectivity index (χ1) is 20.9. The number of halogens is 2. The van der Waals surface area contributed by atoms with E-state index >= 15 is 0 Å². The number of nitrogens with one attached hydrogen (secondary N) is 1. The van der Waals surface area contributed by atoms with Crippen molar-refractivity contribution in [1.29, 1.82) is 0 Å². The number of anilines is 2. The zero-order valence-corrected chi connectivity index (χ0v) is 30.9. The second-order valence-corrected chi connectivity index (χ2v) is 22.7. The van der Waals surface area contributed by atoms with Crippen LogP contribution >= 0.6 is 40.6 Å². The number of aliphatic hydroxyl groups excluding tert-OH is 1. The van der Waals surface area contributed by atoms with Crippen molar-refractivity contribution in [3.05, 3.63) is 78.7 Å². The van der Waals surface area contributed by atoms with Crippen LogP contribution in [0.5, 0.6) is 0 Å². The average molecular weight is 825 g/mol. The molecule has 0 fully saturated rings. The number of carbonyl (C=O) groups is 1. The predicted octanol–water partition coefficient (Wildman–Crippen LogP) is 5.36. The van der Waals surface area contributed by atoms with Crippen LogP contribution in [-0.2, 0) is 40.0 Å². The summed E-state index contributed by atoms with van der Waals surface area (Å²) < 4.78 is 10.4. The minimum absolute atomic E-state index is 0.111. The Labute approximate surface area is 276 Å². The molecule has 0 unspecified atom stereocenters. The Morgan fingerprint density at radius 3 is 2.68 bits per heavy atom. The average Bonchev–Trinajstić information content (AvgIpc) is 3.59. The van der Waals surface area contributed by atoms with Gasteiger partial charge in [0.2, 0.25) is 0 Å². The van der Waals surface area contributed by atoms with E-state index in [1.807, 2.05) is 30.1 Å². The summed E-state index contributed by atoms with van der Waals surface area (Å²) in [5.74, 6) is 0.613. The topological polar surface area (TPSA) is 97.3 Å². The molecular weight excluding hydrogens is 782 g/mol. The molecule has 0 aromatic carbocycles. The molecule has 1 aliphatic carbocycles. The maximum absolute atomic E-state index is 14.0. The van der Waals surface area contributed by atoms with Crippen LogP contribution in [0.2, 0.25) is 0 Å². The standard InChI is InChI=1S/C33H42I2N6O3/c1-20(2)38(5)18-23-14-29(37-40(23)7)36-26-12-22(17-39(6)32(26)44)24-8-9-34-30(25(24)19-42)35-10-11-41-27(31(35)43)13-21-15-33(3,4)16-28(21)41/h8-9,12-14,17,20,42H,10-11,15-16,18-19H2,1-7H3,(H,36,37). The van der Waals surface area contributed by atoms with Gasteiger partial charge in [0.1, 0.15) is 0 Å². The zero-order valence-electron chi connectivity index (χ0n) is 26.5. The summed E-state index contributed by atoms with van der Waals surface area (Å²) >= 11 is -2.69. The SMILES string of the molecule is CC(C)N(C)Cc1cc(Nc2cc(C3=C(CO)C(I4CCn5c(cc6c5CC(C)(C)C6)C4=O)=IC=C3)cn(C)c2=O)nn1C. The van der Waals surface area contributed by atoms with Gasteiger partial charge in [-0.25, -0.2) is 0 Å². The second-order valence-electron chi connectivity index (χ2n) is 13.0. The van der Waals surface area contributed by atoms with Crippen LogP contribution in [0.15, 0.2) is 44.9 Å². The normalized spacial score (nSPS) is 18.5. The fourth-order valence-electron chi connectivity index (χ4n) is 6.25. The van der Waals surface area contributed by atoms with Gasteiger partial charge in [-0.3, -0.25) is 0 Å². The number of aromatic nitrogens is 4. The molecule has 0 saturated carbocycles. The van der Waals surface area contributed by atoms with E-state index in [0.717, 1.165) is 58.5 Å². The van der Waals surface area contributed by atoms with E-state index in [1.165, 1.54) is 12.8 Å². The second kappa shape index (κ2) is 12.1. The van der Waals surface area contributed by atoms with Gasteiger partial charge in [0.25, 0.3) is 0 Å². The van der Waals surface area contributed by atoms with Gasteiger partial charge in [-0.05, 0) is 20.9 Å². The van der Waals surface area contributed by atoms with Gasteiger partial charge >= 0.3 is 251 Å². The number of hydrogen-bond donors (Lipinski definition) is 2. The predicted molar refractivity (Wildman–Crippen MR) is 196 cm³/mol. The van der Waals surface area contributed by atoms with Crippen molar-refractivity contribution in [2.24, 2.45) is 19.5 Å². The van der Waals surface area contributed by atoms with Gasteiger partial charge in [-0.2, -0.15) is 0 Å². The van der Waals surface area contributed by atoms with Gasteiger partial charge in [0.15, 0.2) is 0 Å². The van der Waals surface area contributed by atoms with Crippen molar-refractivity contribution in [3.63, 3.8) is 0 Å². The summed E-state index contributed by atoms with van der Waals surface area (Å²) in [6.07, 6.45) is 5.96. The van der Waals surface area contributed by atoms with Crippen LogP contribution in [0.4, 0.5) is 11.5 Å². The summed E-state index contributed by atoms with van der Waals surface area (Å²) in [7, 11) is 5.74. The Morgan fingerprint density at radius 1 is 1.18 bits per heavy atom.